The fraction of sp³-hybridized carbons (Fsp3) is 0.625. The van der Waals surface area contributed by atoms with Crippen LogP contribution in [0.2, 0.25) is 0 Å². The van der Waals surface area contributed by atoms with E-state index in [2.05, 4.69) is 5.92 Å². The number of hydrogen-bond acceptors (Lipinski definition) is 10. The zero-order valence-electron chi connectivity index (χ0n) is 15.1. The number of amidine groups is 1. The molecule has 5 atom stereocenters. The summed E-state index contributed by atoms with van der Waals surface area (Å²) in [5.74, 6) is 0.416. The van der Waals surface area contributed by atoms with Crippen LogP contribution in [0.5, 0.6) is 0 Å². The molecule has 1 fully saturated rings. The van der Waals surface area contributed by atoms with Gasteiger partial charge in [0, 0.05) is 20.8 Å². The number of hydrogen-bond donors (Lipinski definition) is 2. The summed E-state index contributed by atoms with van der Waals surface area (Å²) >= 11 is 0.771. The SMILES string of the molecule is C#CCOC1[C@@H](OC(C)=O)C(COC(C)=O)O[C@@H](SC(=N)N)[C@H]1OC(C)=O. The van der Waals surface area contributed by atoms with Gasteiger partial charge in [0.15, 0.2) is 22.8 Å². The standard InChI is InChI=1S/C16H22N2O8S/c1-5-6-22-13-12(24-9(3)20)11(7-23-8(2)19)26-15(27-16(17)18)14(13)25-10(4)21/h1,11-15H,6-7H2,2-4H3,(H3,17,18)/t11?,12-,13?,14-,15-/m0/s1. The van der Waals surface area contributed by atoms with Crippen molar-refractivity contribution in [2.45, 2.75) is 50.6 Å². The minimum Gasteiger partial charge on any atom is -0.463 e. The first-order valence-corrected chi connectivity index (χ1v) is 8.72. The van der Waals surface area contributed by atoms with Crippen molar-refractivity contribution in [3.63, 3.8) is 0 Å². The minimum absolute atomic E-state index is 0.169. The second-order valence-electron chi connectivity index (χ2n) is 5.46. The Balaban J connectivity index is 3.25. The van der Waals surface area contributed by atoms with Gasteiger partial charge in [-0.25, -0.2) is 0 Å². The summed E-state index contributed by atoms with van der Waals surface area (Å²) in [5, 5.41) is 7.18. The molecule has 0 aromatic carbocycles. The monoisotopic (exact) mass is 402 g/mol. The first-order chi connectivity index (χ1) is 12.6. The largest absolute Gasteiger partial charge is 0.463 e. The van der Waals surface area contributed by atoms with Gasteiger partial charge in [0.25, 0.3) is 0 Å². The van der Waals surface area contributed by atoms with E-state index in [9.17, 15) is 14.4 Å². The third kappa shape index (κ3) is 7.46. The van der Waals surface area contributed by atoms with Gasteiger partial charge in [0.05, 0.1) is 0 Å². The van der Waals surface area contributed by atoms with E-state index >= 15 is 0 Å². The highest BCUT2D eigenvalue weighted by Crippen LogP contribution is 2.34. The maximum Gasteiger partial charge on any atom is 0.303 e. The number of ether oxygens (including phenoxy) is 5. The minimum atomic E-state index is -1.08. The zero-order chi connectivity index (χ0) is 20.6. The Hall–Kier alpha value is -2.29. The van der Waals surface area contributed by atoms with Crippen molar-refractivity contribution in [1.82, 2.24) is 0 Å². The van der Waals surface area contributed by atoms with Crippen LogP contribution in [0, 0.1) is 17.8 Å². The smallest absolute Gasteiger partial charge is 0.303 e. The molecule has 3 N–H and O–H groups in total. The van der Waals surface area contributed by atoms with E-state index in [1.54, 1.807) is 0 Å². The first-order valence-electron chi connectivity index (χ1n) is 7.84. The van der Waals surface area contributed by atoms with Crippen LogP contribution in [0.3, 0.4) is 0 Å². The Labute approximate surface area is 160 Å². The molecular formula is C16H22N2O8S. The third-order valence-electron chi connectivity index (χ3n) is 3.25. The fourth-order valence-corrected chi connectivity index (χ4v) is 3.21. The average Bonchev–Trinajstić information content (AvgIpc) is 2.53. The van der Waals surface area contributed by atoms with Crippen LogP contribution in [-0.4, -0.2) is 66.1 Å². The van der Waals surface area contributed by atoms with Crippen molar-refractivity contribution >= 4 is 34.8 Å². The molecule has 0 spiro atoms. The average molecular weight is 402 g/mol. The first kappa shape index (κ1) is 22.8. The summed E-state index contributed by atoms with van der Waals surface area (Å²) in [4.78, 5) is 34.3. The molecule has 0 aliphatic carbocycles. The maximum atomic E-state index is 11.6. The Kier molecular flexibility index (Phi) is 9.07. The molecule has 0 aromatic rings. The van der Waals surface area contributed by atoms with Gasteiger partial charge in [-0.05, 0) is 0 Å². The third-order valence-corrected chi connectivity index (χ3v) is 4.11. The lowest BCUT2D eigenvalue weighted by Gasteiger charge is -2.44. The lowest BCUT2D eigenvalue weighted by molar-refractivity contribution is -0.237. The lowest BCUT2D eigenvalue weighted by Crippen LogP contribution is -2.61. The van der Waals surface area contributed by atoms with Crippen LogP contribution in [-0.2, 0) is 38.1 Å². The van der Waals surface area contributed by atoms with Crippen LogP contribution in [0.4, 0.5) is 0 Å². The normalized spacial score (nSPS) is 27.1. The van der Waals surface area contributed by atoms with Gasteiger partial charge in [-0.3, -0.25) is 19.8 Å². The predicted molar refractivity (Wildman–Crippen MR) is 94.5 cm³/mol. The molecule has 150 valence electrons. The van der Waals surface area contributed by atoms with Gasteiger partial charge in [-0.15, -0.1) is 6.42 Å². The fourth-order valence-electron chi connectivity index (χ4n) is 2.42. The van der Waals surface area contributed by atoms with Gasteiger partial charge in [0.2, 0.25) is 0 Å². The molecule has 1 saturated heterocycles. The van der Waals surface area contributed by atoms with E-state index in [0.29, 0.717) is 0 Å². The van der Waals surface area contributed by atoms with Gasteiger partial charge in [0.1, 0.15) is 25.4 Å². The molecule has 0 bridgehead atoms. The highest BCUT2D eigenvalue weighted by Gasteiger charge is 2.51. The molecule has 0 aromatic heterocycles. The molecule has 27 heavy (non-hydrogen) atoms. The van der Waals surface area contributed by atoms with Crippen molar-refractivity contribution in [2.75, 3.05) is 13.2 Å². The maximum absolute atomic E-state index is 11.6. The van der Waals surface area contributed by atoms with Crippen LogP contribution >= 0.6 is 11.8 Å². The highest BCUT2D eigenvalue weighted by atomic mass is 32.2. The number of carbonyl (C=O) groups excluding carboxylic acids is 3. The van der Waals surface area contributed by atoms with E-state index in [-0.39, 0.29) is 18.4 Å². The summed E-state index contributed by atoms with van der Waals surface area (Å²) in [5.41, 5.74) is 4.46. The van der Waals surface area contributed by atoms with Crippen molar-refractivity contribution < 1.29 is 38.1 Å². The van der Waals surface area contributed by atoms with Crippen LogP contribution in [0.25, 0.3) is 0 Å². The molecule has 10 nitrogen and oxygen atoms in total. The number of nitrogens with one attached hydrogen (secondary N) is 1. The second kappa shape index (κ2) is 10.8. The van der Waals surface area contributed by atoms with Crippen LogP contribution in [0.1, 0.15) is 20.8 Å². The topological polar surface area (TPSA) is 147 Å². The van der Waals surface area contributed by atoms with E-state index in [1.807, 2.05) is 0 Å². The number of rotatable bonds is 7. The molecule has 0 radical (unpaired) electrons. The van der Waals surface area contributed by atoms with E-state index in [1.165, 1.54) is 20.8 Å². The van der Waals surface area contributed by atoms with Crippen molar-refractivity contribution in [2.24, 2.45) is 5.73 Å². The summed E-state index contributed by atoms with van der Waals surface area (Å²) in [6.45, 7) is 3.14. The number of terminal acetylenes is 1. The molecule has 1 rings (SSSR count). The Morgan fingerprint density at radius 3 is 2.19 bits per heavy atom. The summed E-state index contributed by atoms with van der Waals surface area (Å²) in [6.07, 6.45) is 1.09. The van der Waals surface area contributed by atoms with E-state index in [0.717, 1.165) is 11.8 Å². The molecular weight excluding hydrogens is 380 g/mol. The van der Waals surface area contributed by atoms with Gasteiger partial charge in [-0.1, -0.05) is 17.7 Å². The van der Waals surface area contributed by atoms with Gasteiger partial charge in [-0.2, -0.15) is 0 Å². The van der Waals surface area contributed by atoms with Gasteiger partial charge >= 0.3 is 17.9 Å². The molecule has 1 heterocycles. The molecule has 2 unspecified atom stereocenters. The van der Waals surface area contributed by atoms with Crippen molar-refractivity contribution in [3.8, 4) is 12.3 Å². The number of esters is 3. The molecule has 11 heteroatoms. The number of thioether (sulfide) groups is 1. The van der Waals surface area contributed by atoms with Crippen LogP contribution in [0.15, 0.2) is 0 Å². The Bertz CT molecular complexity index is 620. The van der Waals surface area contributed by atoms with Crippen LogP contribution < -0.4 is 5.73 Å². The molecule has 0 saturated carbocycles. The molecule has 1 aliphatic heterocycles. The lowest BCUT2D eigenvalue weighted by atomic mass is 9.99. The summed E-state index contributed by atoms with van der Waals surface area (Å²) < 4.78 is 26.8. The molecule has 1 aliphatic rings. The highest BCUT2D eigenvalue weighted by molar-refractivity contribution is 8.14. The summed E-state index contributed by atoms with van der Waals surface area (Å²) in [6, 6.07) is 0. The van der Waals surface area contributed by atoms with E-state index < -0.39 is 47.8 Å². The number of nitrogens with two attached hydrogens (primary N) is 1. The predicted octanol–water partition coefficient (Wildman–Crippen LogP) is -0.217. The number of carbonyl (C=O) groups is 3. The summed E-state index contributed by atoms with van der Waals surface area (Å²) in [7, 11) is 0. The van der Waals surface area contributed by atoms with Gasteiger partial charge < -0.3 is 29.4 Å². The quantitative estimate of drug-likeness (QED) is 0.193. The van der Waals surface area contributed by atoms with Crippen molar-refractivity contribution in [3.05, 3.63) is 0 Å². The van der Waals surface area contributed by atoms with E-state index in [4.69, 9.17) is 41.3 Å². The zero-order valence-corrected chi connectivity index (χ0v) is 15.9. The molecule has 0 amide bonds. The van der Waals surface area contributed by atoms with Crippen molar-refractivity contribution in [1.29, 1.82) is 5.41 Å². The Morgan fingerprint density at radius 1 is 1.11 bits per heavy atom. The second-order valence-corrected chi connectivity index (χ2v) is 6.60. The Morgan fingerprint density at radius 2 is 1.70 bits per heavy atom.